The molecule has 0 aromatic carbocycles. The number of rotatable bonds is 4. The van der Waals surface area contributed by atoms with E-state index in [1.807, 2.05) is 13.0 Å². The molecule has 1 aromatic heterocycles. The normalized spacial score (nSPS) is 27.6. The second-order valence-electron chi connectivity index (χ2n) is 7.54. The number of hydrogen-bond acceptors (Lipinski definition) is 3. The molecule has 1 amide bonds. The van der Waals surface area contributed by atoms with Gasteiger partial charge < -0.3 is 9.73 Å². The third-order valence-electron chi connectivity index (χ3n) is 5.99. The first kappa shape index (κ1) is 14.3. The van der Waals surface area contributed by atoms with Crippen molar-refractivity contribution in [3.8, 4) is 0 Å². The van der Waals surface area contributed by atoms with Crippen LogP contribution in [0.2, 0.25) is 0 Å². The van der Waals surface area contributed by atoms with E-state index in [-0.39, 0.29) is 0 Å². The monoisotopic (exact) mass is 302 g/mol. The van der Waals surface area contributed by atoms with Gasteiger partial charge in [-0.05, 0) is 76.1 Å². The molecule has 3 fully saturated rings. The van der Waals surface area contributed by atoms with Crippen molar-refractivity contribution in [3.05, 3.63) is 23.7 Å². The van der Waals surface area contributed by atoms with Crippen LogP contribution >= 0.6 is 0 Å². The van der Waals surface area contributed by atoms with E-state index >= 15 is 0 Å². The average Bonchev–Trinajstić information content (AvgIpc) is 3.02. The van der Waals surface area contributed by atoms with Gasteiger partial charge in [-0.15, -0.1) is 0 Å². The first-order chi connectivity index (χ1) is 10.6. The number of likely N-dealkylation sites (tertiary alicyclic amines) is 1. The molecular formula is C18H26N2O2. The maximum absolute atomic E-state index is 12.3. The van der Waals surface area contributed by atoms with E-state index in [1.54, 1.807) is 0 Å². The molecule has 3 aliphatic rings. The maximum Gasteiger partial charge on any atom is 0.223 e. The van der Waals surface area contributed by atoms with Crippen molar-refractivity contribution < 1.29 is 9.21 Å². The zero-order valence-corrected chi connectivity index (χ0v) is 13.4. The van der Waals surface area contributed by atoms with Crippen LogP contribution in [-0.4, -0.2) is 29.9 Å². The van der Waals surface area contributed by atoms with E-state index in [1.165, 1.54) is 19.3 Å². The van der Waals surface area contributed by atoms with Crippen molar-refractivity contribution in [1.29, 1.82) is 0 Å². The molecule has 1 aliphatic heterocycles. The van der Waals surface area contributed by atoms with Crippen LogP contribution in [0.25, 0.3) is 0 Å². The number of piperidine rings is 1. The van der Waals surface area contributed by atoms with E-state index in [0.717, 1.165) is 50.4 Å². The Hall–Kier alpha value is -1.29. The third-order valence-corrected chi connectivity index (χ3v) is 5.99. The molecule has 1 spiro atoms. The Bertz CT molecular complexity index is 553. The molecule has 1 saturated heterocycles. The third kappa shape index (κ3) is 2.69. The average molecular weight is 302 g/mol. The molecule has 1 atom stereocenters. The number of carbonyl (C=O) groups is 1. The highest BCUT2D eigenvalue weighted by molar-refractivity contribution is 5.83. The van der Waals surface area contributed by atoms with Gasteiger partial charge in [0.2, 0.25) is 5.91 Å². The molecule has 2 aliphatic carbocycles. The van der Waals surface area contributed by atoms with E-state index in [0.29, 0.717) is 23.3 Å². The smallest absolute Gasteiger partial charge is 0.223 e. The highest BCUT2D eigenvalue weighted by Crippen LogP contribution is 2.59. The van der Waals surface area contributed by atoms with Crippen LogP contribution in [0.5, 0.6) is 0 Å². The Morgan fingerprint density at radius 2 is 2.14 bits per heavy atom. The summed E-state index contributed by atoms with van der Waals surface area (Å²) in [5, 5.41) is 3.24. The van der Waals surface area contributed by atoms with Crippen molar-refractivity contribution in [2.45, 2.75) is 58.0 Å². The van der Waals surface area contributed by atoms with Gasteiger partial charge >= 0.3 is 0 Å². The SMILES string of the molecule is Cc1ccc(CN2CCC3(CC2)C[C@@H]3C(=O)NC2CCC2)o1. The van der Waals surface area contributed by atoms with Crippen LogP contribution in [0.4, 0.5) is 0 Å². The summed E-state index contributed by atoms with van der Waals surface area (Å²) < 4.78 is 5.67. The Kier molecular flexibility index (Phi) is 3.52. The minimum absolute atomic E-state index is 0.293. The molecule has 22 heavy (non-hydrogen) atoms. The second-order valence-corrected chi connectivity index (χ2v) is 7.54. The van der Waals surface area contributed by atoms with E-state index < -0.39 is 0 Å². The van der Waals surface area contributed by atoms with Gasteiger partial charge in [-0.25, -0.2) is 0 Å². The van der Waals surface area contributed by atoms with Crippen molar-refractivity contribution in [2.24, 2.45) is 11.3 Å². The van der Waals surface area contributed by atoms with Gasteiger partial charge in [0.25, 0.3) is 0 Å². The highest BCUT2D eigenvalue weighted by Gasteiger charge is 2.58. The first-order valence-electron chi connectivity index (χ1n) is 8.73. The minimum atomic E-state index is 0.293. The summed E-state index contributed by atoms with van der Waals surface area (Å²) in [6.45, 7) is 5.08. The number of nitrogens with one attached hydrogen (secondary N) is 1. The van der Waals surface area contributed by atoms with Crippen molar-refractivity contribution in [1.82, 2.24) is 10.2 Å². The number of carbonyl (C=O) groups excluding carboxylic acids is 1. The Morgan fingerprint density at radius 3 is 2.73 bits per heavy atom. The van der Waals surface area contributed by atoms with Gasteiger partial charge in [0.05, 0.1) is 6.54 Å². The molecule has 4 rings (SSSR count). The molecule has 1 aromatic rings. The minimum Gasteiger partial charge on any atom is -0.465 e. The molecule has 1 N–H and O–H groups in total. The van der Waals surface area contributed by atoms with Crippen molar-refractivity contribution in [3.63, 3.8) is 0 Å². The van der Waals surface area contributed by atoms with Gasteiger partial charge in [0.1, 0.15) is 11.5 Å². The zero-order chi connectivity index (χ0) is 15.2. The molecule has 0 bridgehead atoms. The Balaban J connectivity index is 1.26. The number of furan rings is 1. The maximum atomic E-state index is 12.3. The van der Waals surface area contributed by atoms with Crippen LogP contribution in [0.1, 0.15) is 50.0 Å². The fourth-order valence-electron chi connectivity index (χ4n) is 4.07. The van der Waals surface area contributed by atoms with Gasteiger partial charge in [-0.2, -0.15) is 0 Å². The molecular weight excluding hydrogens is 276 g/mol. The highest BCUT2D eigenvalue weighted by atomic mass is 16.3. The summed E-state index contributed by atoms with van der Waals surface area (Å²) in [6.07, 6.45) is 7.08. The van der Waals surface area contributed by atoms with Crippen molar-refractivity contribution >= 4 is 5.91 Å². The van der Waals surface area contributed by atoms with Crippen LogP contribution in [-0.2, 0) is 11.3 Å². The first-order valence-corrected chi connectivity index (χ1v) is 8.73. The summed E-state index contributed by atoms with van der Waals surface area (Å²) in [5.41, 5.74) is 0.323. The van der Waals surface area contributed by atoms with Gasteiger partial charge in [-0.3, -0.25) is 9.69 Å². The zero-order valence-electron chi connectivity index (χ0n) is 13.4. The van der Waals surface area contributed by atoms with Crippen LogP contribution in [0.3, 0.4) is 0 Å². The molecule has 4 nitrogen and oxygen atoms in total. The van der Waals surface area contributed by atoms with Crippen molar-refractivity contribution in [2.75, 3.05) is 13.1 Å². The Labute approximate surface area is 132 Å². The quantitative estimate of drug-likeness (QED) is 0.930. The van der Waals surface area contributed by atoms with Crippen LogP contribution in [0.15, 0.2) is 16.5 Å². The predicted molar refractivity (Wildman–Crippen MR) is 84.3 cm³/mol. The number of amides is 1. The van der Waals surface area contributed by atoms with E-state index in [9.17, 15) is 4.79 Å². The van der Waals surface area contributed by atoms with Gasteiger partial charge in [0.15, 0.2) is 0 Å². The van der Waals surface area contributed by atoms with Crippen LogP contribution < -0.4 is 5.32 Å². The number of hydrogen-bond donors (Lipinski definition) is 1. The molecule has 2 saturated carbocycles. The fourth-order valence-corrected chi connectivity index (χ4v) is 4.07. The lowest BCUT2D eigenvalue weighted by Crippen LogP contribution is -2.42. The predicted octanol–water partition coefficient (Wildman–Crippen LogP) is 2.86. The Morgan fingerprint density at radius 1 is 1.36 bits per heavy atom. The summed E-state index contributed by atoms with van der Waals surface area (Å²) in [6, 6.07) is 4.58. The largest absolute Gasteiger partial charge is 0.465 e. The lowest BCUT2D eigenvalue weighted by molar-refractivity contribution is -0.124. The van der Waals surface area contributed by atoms with E-state index in [4.69, 9.17) is 4.42 Å². The standard InChI is InChI=1S/C18H26N2O2/c1-13-5-6-15(22-13)12-20-9-7-18(8-10-20)11-16(18)17(21)19-14-3-2-4-14/h5-6,14,16H,2-4,7-12H2,1H3,(H,19,21)/t16-/m1/s1. The lowest BCUT2D eigenvalue weighted by atomic mass is 9.89. The van der Waals surface area contributed by atoms with E-state index in [2.05, 4.69) is 16.3 Å². The number of aryl methyl sites for hydroxylation is 1. The molecule has 0 radical (unpaired) electrons. The molecule has 2 heterocycles. The topological polar surface area (TPSA) is 45.5 Å². The molecule has 4 heteroatoms. The molecule has 120 valence electrons. The summed E-state index contributed by atoms with van der Waals surface area (Å²) in [5.74, 6) is 2.67. The lowest BCUT2D eigenvalue weighted by Gasteiger charge is -2.32. The number of nitrogens with zero attached hydrogens (tertiary/aromatic N) is 1. The summed E-state index contributed by atoms with van der Waals surface area (Å²) in [7, 11) is 0. The fraction of sp³-hybridized carbons (Fsp3) is 0.722. The second kappa shape index (κ2) is 5.41. The summed E-state index contributed by atoms with van der Waals surface area (Å²) >= 11 is 0. The molecule has 0 unspecified atom stereocenters. The van der Waals surface area contributed by atoms with Gasteiger partial charge in [-0.1, -0.05) is 0 Å². The summed E-state index contributed by atoms with van der Waals surface area (Å²) in [4.78, 5) is 14.8. The van der Waals surface area contributed by atoms with Crippen LogP contribution in [0, 0.1) is 18.3 Å². The van der Waals surface area contributed by atoms with Gasteiger partial charge in [0, 0.05) is 12.0 Å².